The quantitative estimate of drug-likeness (QED) is 0.773. The van der Waals surface area contributed by atoms with E-state index in [1.807, 2.05) is 12.4 Å². The molecule has 1 heterocycles. The minimum atomic E-state index is 0.911. The molecule has 0 unspecified atom stereocenters. The Labute approximate surface area is 96.7 Å². The van der Waals surface area contributed by atoms with Gasteiger partial charge in [0.25, 0.3) is 0 Å². The monoisotopic (exact) mass is 214 g/mol. The topological polar surface area (TPSA) is 24.9 Å². The summed E-state index contributed by atoms with van der Waals surface area (Å²) in [5, 5.41) is 5.98. The molecule has 1 aromatic carbocycles. The van der Waals surface area contributed by atoms with Crippen LogP contribution in [0.25, 0.3) is 10.8 Å². The molecule has 0 aliphatic carbocycles. The van der Waals surface area contributed by atoms with E-state index in [0.29, 0.717) is 0 Å². The van der Waals surface area contributed by atoms with Gasteiger partial charge in [-0.15, -0.1) is 0 Å². The van der Waals surface area contributed by atoms with Crippen molar-refractivity contribution in [1.82, 2.24) is 10.3 Å². The zero-order valence-electron chi connectivity index (χ0n) is 9.74. The highest BCUT2D eigenvalue weighted by Crippen LogP contribution is 2.16. The molecule has 0 spiro atoms. The standard InChI is InChI=1S/C14H18N2/c1-2-3-8-15-10-13-11-16-9-12-6-4-5-7-14(12)13/h4-7,9,11,15H,2-3,8,10H2,1H3. The third-order valence-corrected chi connectivity index (χ3v) is 2.77. The lowest BCUT2D eigenvalue weighted by atomic mass is 10.1. The van der Waals surface area contributed by atoms with E-state index in [0.717, 1.165) is 13.1 Å². The fraction of sp³-hybridized carbons (Fsp3) is 0.357. The van der Waals surface area contributed by atoms with Crippen LogP contribution in [0.3, 0.4) is 0 Å². The van der Waals surface area contributed by atoms with Gasteiger partial charge in [-0.25, -0.2) is 0 Å². The second kappa shape index (κ2) is 5.61. The maximum atomic E-state index is 4.27. The Morgan fingerprint density at radius 2 is 2.06 bits per heavy atom. The molecule has 0 saturated heterocycles. The predicted octanol–water partition coefficient (Wildman–Crippen LogP) is 3.12. The summed E-state index contributed by atoms with van der Waals surface area (Å²) in [6.07, 6.45) is 6.35. The van der Waals surface area contributed by atoms with Gasteiger partial charge in [-0.1, -0.05) is 37.6 Å². The number of hydrogen-bond donors (Lipinski definition) is 1. The summed E-state index contributed by atoms with van der Waals surface area (Å²) in [6, 6.07) is 8.40. The van der Waals surface area contributed by atoms with Crippen molar-refractivity contribution in [3.63, 3.8) is 0 Å². The van der Waals surface area contributed by atoms with E-state index in [1.54, 1.807) is 0 Å². The number of aromatic nitrogens is 1. The molecule has 1 N–H and O–H groups in total. The van der Waals surface area contributed by atoms with Crippen LogP contribution in [0.1, 0.15) is 25.3 Å². The molecular formula is C14H18N2. The molecule has 0 aliphatic rings. The van der Waals surface area contributed by atoms with Gasteiger partial charge in [-0.3, -0.25) is 4.98 Å². The fourth-order valence-corrected chi connectivity index (χ4v) is 1.84. The van der Waals surface area contributed by atoms with Crippen LogP contribution in [0, 0.1) is 0 Å². The molecule has 0 atom stereocenters. The average Bonchev–Trinajstić information content (AvgIpc) is 2.35. The Bertz CT molecular complexity index is 446. The number of benzene rings is 1. The molecule has 2 heteroatoms. The van der Waals surface area contributed by atoms with Crippen LogP contribution in [0.2, 0.25) is 0 Å². The van der Waals surface area contributed by atoms with E-state index in [1.165, 1.54) is 29.2 Å². The highest BCUT2D eigenvalue weighted by Gasteiger charge is 1.99. The summed E-state index contributed by atoms with van der Waals surface area (Å²) in [5.41, 5.74) is 1.29. The SMILES string of the molecule is CCCCNCc1cncc2ccccc12. The lowest BCUT2D eigenvalue weighted by molar-refractivity contribution is 0.642. The normalized spacial score (nSPS) is 10.8. The lowest BCUT2D eigenvalue weighted by Crippen LogP contribution is -2.14. The first kappa shape index (κ1) is 11.1. The summed E-state index contributed by atoms with van der Waals surface area (Å²) in [4.78, 5) is 4.27. The highest BCUT2D eigenvalue weighted by molar-refractivity contribution is 5.84. The highest BCUT2D eigenvalue weighted by atomic mass is 14.8. The van der Waals surface area contributed by atoms with Gasteiger partial charge in [-0.2, -0.15) is 0 Å². The first-order valence-corrected chi connectivity index (χ1v) is 5.94. The van der Waals surface area contributed by atoms with Gasteiger partial charge in [-0.05, 0) is 23.9 Å². The van der Waals surface area contributed by atoms with Gasteiger partial charge in [0, 0.05) is 24.3 Å². The zero-order chi connectivity index (χ0) is 11.2. The van der Waals surface area contributed by atoms with Crippen molar-refractivity contribution in [2.75, 3.05) is 6.54 Å². The van der Waals surface area contributed by atoms with E-state index in [4.69, 9.17) is 0 Å². The molecule has 0 fully saturated rings. The molecule has 0 saturated carbocycles. The van der Waals surface area contributed by atoms with Crippen molar-refractivity contribution in [2.45, 2.75) is 26.3 Å². The van der Waals surface area contributed by atoms with Gasteiger partial charge in [0.1, 0.15) is 0 Å². The minimum Gasteiger partial charge on any atom is -0.313 e. The second-order valence-corrected chi connectivity index (χ2v) is 4.05. The molecule has 0 amide bonds. The Morgan fingerprint density at radius 1 is 1.19 bits per heavy atom. The predicted molar refractivity (Wildman–Crippen MR) is 68.4 cm³/mol. The Balaban J connectivity index is 2.11. The molecule has 84 valence electrons. The average molecular weight is 214 g/mol. The zero-order valence-corrected chi connectivity index (χ0v) is 9.74. The van der Waals surface area contributed by atoms with Crippen LogP contribution in [0.5, 0.6) is 0 Å². The fourth-order valence-electron chi connectivity index (χ4n) is 1.84. The van der Waals surface area contributed by atoms with Crippen LogP contribution in [0.15, 0.2) is 36.7 Å². The minimum absolute atomic E-state index is 0.911. The van der Waals surface area contributed by atoms with Crippen LogP contribution in [-0.4, -0.2) is 11.5 Å². The molecule has 16 heavy (non-hydrogen) atoms. The number of nitrogens with one attached hydrogen (secondary N) is 1. The maximum Gasteiger partial charge on any atom is 0.0346 e. The summed E-state index contributed by atoms with van der Waals surface area (Å²) in [5.74, 6) is 0. The van der Waals surface area contributed by atoms with Gasteiger partial charge >= 0.3 is 0 Å². The van der Waals surface area contributed by atoms with Crippen molar-refractivity contribution in [1.29, 1.82) is 0 Å². The molecule has 0 aliphatic heterocycles. The van der Waals surface area contributed by atoms with Crippen molar-refractivity contribution >= 4 is 10.8 Å². The van der Waals surface area contributed by atoms with E-state index >= 15 is 0 Å². The number of rotatable bonds is 5. The molecule has 2 aromatic rings. The van der Waals surface area contributed by atoms with Crippen LogP contribution >= 0.6 is 0 Å². The van der Waals surface area contributed by atoms with Crippen LogP contribution in [-0.2, 0) is 6.54 Å². The number of hydrogen-bond acceptors (Lipinski definition) is 2. The van der Waals surface area contributed by atoms with Crippen LogP contribution < -0.4 is 5.32 Å². The Kier molecular flexibility index (Phi) is 3.89. The van der Waals surface area contributed by atoms with Crippen molar-refractivity contribution in [2.24, 2.45) is 0 Å². The molecule has 1 aromatic heterocycles. The third kappa shape index (κ3) is 2.58. The number of unbranched alkanes of at least 4 members (excludes halogenated alkanes) is 1. The lowest BCUT2D eigenvalue weighted by Gasteiger charge is -2.07. The number of nitrogens with zero attached hydrogens (tertiary/aromatic N) is 1. The third-order valence-electron chi connectivity index (χ3n) is 2.77. The van der Waals surface area contributed by atoms with Gasteiger partial charge in [0.2, 0.25) is 0 Å². The molecule has 2 rings (SSSR count). The summed E-state index contributed by atoms with van der Waals surface area (Å²) < 4.78 is 0. The summed E-state index contributed by atoms with van der Waals surface area (Å²) in [7, 11) is 0. The van der Waals surface area contributed by atoms with Crippen molar-refractivity contribution in [3.8, 4) is 0 Å². The molecule has 2 nitrogen and oxygen atoms in total. The van der Waals surface area contributed by atoms with Crippen LogP contribution in [0.4, 0.5) is 0 Å². The van der Waals surface area contributed by atoms with E-state index in [-0.39, 0.29) is 0 Å². The number of fused-ring (bicyclic) bond motifs is 1. The van der Waals surface area contributed by atoms with Gasteiger partial charge < -0.3 is 5.32 Å². The second-order valence-electron chi connectivity index (χ2n) is 4.05. The molecule has 0 radical (unpaired) electrons. The molecular weight excluding hydrogens is 196 g/mol. The summed E-state index contributed by atoms with van der Waals surface area (Å²) >= 11 is 0. The van der Waals surface area contributed by atoms with E-state index in [2.05, 4.69) is 41.5 Å². The smallest absolute Gasteiger partial charge is 0.0346 e. The van der Waals surface area contributed by atoms with E-state index < -0.39 is 0 Å². The van der Waals surface area contributed by atoms with Gasteiger partial charge in [0.05, 0.1) is 0 Å². The van der Waals surface area contributed by atoms with Gasteiger partial charge in [0.15, 0.2) is 0 Å². The Hall–Kier alpha value is -1.41. The largest absolute Gasteiger partial charge is 0.313 e. The number of pyridine rings is 1. The summed E-state index contributed by atoms with van der Waals surface area (Å²) in [6.45, 7) is 4.20. The maximum absolute atomic E-state index is 4.27. The van der Waals surface area contributed by atoms with E-state index in [9.17, 15) is 0 Å². The first-order chi connectivity index (χ1) is 7.92. The van der Waals surface area contributed by atoms with Crippen molar-refractivity contribution in [3.05, 3.63) is 42.2 Å². The Morgan fingerprint density at radius 3 is 2.94 bits per heavy atom. The van der Waals surface area contributed by atoms with Crippen molar-refractivity contribution < 1.29 is 0 Å². The molecule has 0 bridgehead atoms. The first-order valence-electron chi connectivity index (χ1n) is 5.94.